The molecule has 0 bridgehead atoms. The molecule has 0 N–H and O–H groups in total. The number of amides is 1. The lowest BCUT2D eigenvalue weighted by Gasteiger charge is -2.28. The van der Waals surface area contributed by atoms with Crippen LogP contribution in [0.15, 0.2) is 34.2 Å². The maximum absolute atomic E-state index is 12.3. The first kappa shape index (κ1) is 21.2. The molecule has 1 aliphatic rings. The lowest BCUT2D eigenvalue weighted by molar-refractivity contribution is -0.149. The molecular formula is C17H21F3N2O4S. The molecule has 10 heteroatoms. The number of aliphatic imine (C=N–C) groups is 1. The predicted octanol–water partition coefficient (Wildman–Crippen LogP) is 2.83. The quantitative estimate of drug-likeness (QED) is 0.728. The van der Waals surface area contributed by atoms with Gasteiger partial charge in [-0.15, -0.1) is 0 Å². The van der Waals surface area contributed by atoms with Gasteiger partial charge in [0.05, 0.1) is 18.4 Å². The topological polar surface area (TPSA) is 76.0 Å². The maximum Gasteiger partial charge on any atom is 0.389 e. The second-order valence-electron chi connectivity index (χ2n) is 6.14. The van der Waals surface area contributed by atoms with E-state index in [9.17, 15) is 26.4 Å². The van der Waals surface area contributed by atoms with Crippen molar-refractivity contribution in [1.82, 2.24) is 4.90 Å². The summed E-state index contributed by atoms with van der Waals surface area (Å²) in [6.07, 6.45) is -5.34. The van der Waals surface area contributed by atoms with Crippen molar-refractivity contribution < 1.29 is 31.1 Å². The van der Waals surface area contributed by atoms with Gasteiger partial charge in [0.25, 0.3) is 0 Å². The molecule has 0 aliphatic carbocycles. The molecule has 0 aromatic heterocycles. The van der Waals surface area contributed by atoms with Gasteiger partial charge in [0.15, 0.2) is 9.84 Å². The number of hydrogen-bond donors (Lipinski definition) is 0. The van der Waals surface area contributed by atoms with Crippen LogP contribution in [0.2, 0.25) is 0 Å². The maximum atomic E-state index is 12.3. The molecule has 150 valence electrons. The standard InChI is InChI=1S/C17H21F3N2O4S/c1-26-14-2-4-15(5-3-14)27(24,25)12-21-13-7-10-22(11-8-13)16(23)6-9-17(18,19)20/h2-5H,6-12H2,1H3. The number of carbonyl (C=O) groups excluding carboxylic acids is 1. The Morgan fingerprint density at radius 2 is 1.78 bits per heavy atom. The Balaban J connectivity index is 1.88. The van der Waals surface area contributed by atoms with Crippen molar-refractivity contribution in [3.8, 4) is 5.75 Å². The molecule has 0 saturated carbocycles. The minimum absolute atomic E-state index is 0.132. The van der Waals surface area contributed by atoms with Gasteiger partial charge in [-0.25, -0.2) is 8.42 Å². The average molecular weight is 406 g/mol. The van der Waals surface area contributed by atoms with Crippen LogP contribution in [0, 0.1) is 0 Å². The highest BCUT2D eigenvalue weighted by atomic mass is 32.2. The summed E-state index contributed by atoms with van der Waals surface area (Å²) in [6, 6.07) is 5.97. The number of piperidine rings is 1. The van der Waals surface area contributed by atoms with E-state index < -0.39 is 40.6 Å². The largest absolute Gasteiger partial charge is 0.497 e. The molecule has 0 spiro atoms. The van der Waals surface area contributed by atoms with Crippen molar-refractivity contribution >= 4 is 21.5 Å². The number of rotatable bonds is 6. The van der Waals surface area contributed by atoms with Gasteiger partial charge in [-0.05, 0) is 24.3 Å². The molecule has 0 radical (unpaired) electrons. The van der Waals surface area contributed by atoms with Crippen LogP contribution in [-0.4, -0.2) is 57.2 Å². The van der Waals surface area contributed by atoms with Crippen molar-refractivity contribution in [2.24, 2.45) is 4.99 Å². The summed E-state index contributed by atoms with van der Waals surface area (Å²) in [5.41, 5.74) is 0.645. The number of sulfone groups is 1. The molecule has 1 heterocycles. The van der Waals surface area contributed by atoms with Crippen LogP contribution in [0.3, 0.4) is 0 Å². The molecule has 27 heavy (non-hydrogen) atoms. The Bertz CT molecular complexity index is 779. The van der Waals surface area contributed by atoms with Gasteiger partial charge in [-0.2, -0.15) is 13.2 Å². The normalized spacial score (nSPS) is 15.6. The highest BCUT2D eigenvalue weighted by molar-refractivity contribution is 7.91. The highest BCUT2D eigenvalue weighted by Crippen LogP contribution is 2.22. The summed E-state index contributed by atoms with van der Waals surface area (Å²) in [7, 11) is -2.11. The van der Waals surface area contributed by atoms with E-state index in [0.29, 0.717) is 24.3 Å². The highest BCUT2D eigenvalue weighted by Gasteiger charge is 2.30. The van der Waals surface area contributed by atoms with Crippen molar-refractivity contribution in [3.63, 3.8) is 0 Å². The summed E-state index contributed by atoms with van der Waals surface area (Å²) in [4.78, 5) is 17.4. The Hall–Kier alpha value is -2.10. The molecule has 1 aromatic rings. The average Bonchev–Trinajstić information content (AvgIpc) is 2.64. The van der Waals surface area contributed by atoms with Crippen LogP contribution in [0.1, 0.15) is 25.7 Å². The molecule has 0 unspecified atom stereocenters. The van der Waals surface area contributed by atoms with Gasteiger partial charge >= 0.3 is 6.18 Å². The summed E-state index contributed by atoms with van der Waals surface area (Å²) in [5, 5.41) is 0. The zero-order valence-corrected chi connectivity index (χ0v) is 15.6. The summed E-state index contributed by atoms with van der Waals surface area (Å²) in [5.74, 6) is -0.406. The number of benzene rings is 1. The van der Waals surface area contributed by atoms with Crippen molar-refractivity contribution in [2.45, 2.75) is 36.8 Å². The number of alkyl halides is 3. The molecule has 1 aromatic carbocycles. The van der Waals surface area contributed by atoms with Crippen LogP contribution in [-0.2, 0) is 14.6 Å². The molecule has 6 nitrogen and oxygen atoms in total. The van der Waals surface area contributed by atoms with Gasteiger partial charge in [-0.1, -0.05) is 0 Å². The second kappa shape index (κ2) is 8.73. The number of hydrogen-bond acceptors (Lipinski definition) is 5. The Labute approximate surface area is 155 Å². The third kappa shape index (κ3) is 6.53. The number of likely N-dealkylation sites (tertiary alicyclic amines) is 1. The number of nitrogens with zero attached hydrogens (tertiary/aromatic N) is 2. The van der Waals surface area contributed by atoms with Gasteiger partial charge in [0, 0.05) is 38.1 Å². The van der Waals surface area contributed by atoms with Crippen LogP contribution < -0.4 is 4.74 Å². The van der Waals surface area contributed by atoms with Crippen molar-refractivity contribution in [2.75, 3.05) is 26.1 Å². The van der Waals surface area contributed by atoms with Gasteiger partial charge in [0.2, 0.25) is 5.91 Å². The molecule has 1 saturated heterocycles. The number of ether oxygens (including phenoxy) is 1. The smallest absolute Gasteiger partial charge is 0.389 e. The van der Waals surface area contributed by atoms with E-state index in [-0.39, 0.29) is 18.0 Å². The second-order valence-corrected chi connectivity index (χ2v) is 8.10. The summed E-state index contributed by atoms with van der Waals surface area (Å²) in [6.45, 7) is 0.496. The first-order chi connectivity index (χ1) is 12.6. The van der Waals surface area contributed by atoms with Crippen LogP contribution in [0.4, 0.5) is 13.2 Å². The van der Waals surface area contributed by atoms with E-state index in [1.165, 1.54) is 24.1 Å². The van der Waals surface area contributed by atoms with Crippen molar-refractivity contribution in [3.05, 3.63) is 24.3 Å². The third-order valence-electron chi connectivity index (χ3n) is 4.19. The molecule has 2 rings (SSSR count). The Morgan fingerprint density at radius 3 is 2.30 bits per heavy atom. The van der Waals surface area contributed by atoms with E-state index in [2.05, 4.69) is 4.99 Å². The summed E-state index contributed by atoms with van der Waals surface area (Å²) < 4.78 is 66.2. The Morgan fingerprint density at radius 1 is 1.19 bits per heavy atom. The first-order valence-electron chi connectivity index (χ1n) is 8.34. The van der Waals surface area contributed by atoms with E-state index in [0.717, 1.165) is 0 Å². The fourth-order valence-electron chi connectivity index (χ4n) is 2.61. The van der Waals surface area contributed by atoms with Crippen LogP contribution >= 0.6 is 0 Å². The summed E-state index contributed by atoms with van der Waals surface area (Å²) >= 11 is 0. The monoisotopic (exact) mass is 406 g/mol. The molecule has 0 atom stereocenters. The number of carbonyl (C=O) groups is 1. The fourth-order valence-corrected chi connectivity index (χ4v) is 3.67. The zero-order valence-electron chi connectivity index (χ0n) is 14.8. The van der Waals surface area contributed by atoms with Crippen LogP contribution in [0.5, 0.6) is 5.75 Å². The van der Waals surface area contributed by atoms with E-state index in [4.69, 9.17) is 4.74 Å². The molecular weight excluding hydrogens is 385 g/mol. The lowest BCUT2D eigenvalue weighted by Crippen LogP contribution is -2.39. The minimum atomic E-state index is -4.35. The van der Waals surface area contributed by atoms with E-state index in [1.54, 1.807) is 12.1 Å². The van der Waals surface area contributed by atoms with Gasteiger partial charge in [-0.3, -0.25) is 9.79 Å². The number of methoxy groups -OCH3 is 1. The predicted molar refractivity (Wildman–Crippen MR) is 93.6 cm³/mol. The van der Waals surface area contributed by atoms with Crippen molar-refractivity contribution in [1.29, 1.82) is 0 Å². The lowest BCUT2D eigenvalue weighted by atomic mass is 10.1. The van der Waals surface area contributed by atoms with Gasteiger partial charge < -0.3 is 9.64 Å². The van der Waals surface area contributed by atoms with E-state index >= 15 is 0 Å². The molecule has 1 aliphatic heterocycles. The number of halogens is 3. The first-order valence-corrected chi connectivity index (χ1v) is 9.99. The zero-order chi connectivity index (χ0) is 20.1. The Kier molecular flexibility index (Phi) is 6.85. The van der Waals surface area contributed by atoms with Gasteiger partial charge in [0.1, 0.15) is 11.6 Å². The molecule has 1 fully saturated rings. The third-order valence-corrected chi connectivity index (χ3v) is 5.65. The van der Waals surface area contributed by atoms with Crippen LogP contribution in [0.25, 0.3) is 0 Å². The minimum Gasteiger partial charge on any atom is -0.497 e. The molecule has 1 amide bonds. The SMILES string of the molecule is COc1ccc(S(=O)(=O)CN=C2CCN(C(=O)CCC(F)(F)F)CC2)cc1. The fraction of sp³-hybridized carbons (Fsp3) is 0.529. The van der Waals surface area contributed by atoms with E-state index in [1.807, 2.05) is 0 Å².